The van der Waals surface area contributed by atoms with Gasteiger partial charge in [0.25, 0.3) is 0 Å². The van der Waals surface area contributed by atoms with Gasteiger partial charge in [-0.2, -0.15) is 0 Å². The maximum absolute atomic E-state index is 10.3. The maximum atomic E-state index is 10.3. The molecule has 1 atom stereocenters. The van der Waals surface area contributed by atoms with E-state index >= 15 is 0 Å². The van der Waals surface area contributed by atoms with E-state index in [-0.39, 0.29) is 0 Å². The van der Waals surface area contributed by atoms with Crippen molar-refractivity contribution in [1.29, 1.82) is 0 Å². The Morgan fingerprint density at radius 3 is 2.52 bits per heavy atom. The Labute approximate surface area is 138 Å². The van der Waals surface area contributed by atoms with Crippen molar-refractivity contribution in [2.45, 2.75) is 39.5 Å². The third kappa shape index (κ3) is 6.00. The summed E-state index contributed by atoms with van der Waals surface area (Å²) in [7, 11) is 0. The van der Waals surface area contributed by atoms with Gasteiger partial charge in [0.05, 0.1) is 0 Å². The van der Waals surface area contributed by atoms with Gasteiger partial charge in [0.2, 0.25) is 0 Å². The van der Waals surface area contributed by atoms with Crippen molar-refractivity contribution in [3.8, 4) is 5.75 Å². The smallest absolute Gasteiger partial charge is 0.119 e. The third-order valence-corrected chi connectivity index (χ3v) is 3.75. The molecule has 23 heavy (non-hydrogen) atoms. The standard InChI is InChI=1S/C19H26N2O2/c1-15(2)21(12-17-5-4-10-20-11-17)13-18(22)14-23-19-8-6-16(3)7-9-19/h4-11,15,18,22H,12-14H2,1-3H3. The topological polar surface area (TPSA) is 45.6 Å². The Kier molecular flexibility index (Phi) is 6.56. The summed E-state index contributed by atoms with van der Waals surface area (Å²) in [5, 5.41) is 10.3. The average Bonchev–Trinajstić information content (AvgIpc) is 2.54. The zero-order valence-corrected chi connectivity index (χ0v) is 14.1. The Morgan fingerprint density at radius 2 is 1.91 bits per heavy atom. The van der Waals surface area contributed by atoms with Crippen LogP contribution >= 0.6 is 0 Å². The first-order valence-corrected chi connectivity index (χ1v) is 8.05. The normalized spacial score (nSPS) is 12.6. The van der Waals surface area contributed by atoms with Crippen molar-refractivity contribution in [3.05, 3.63) is 59.9 Å². The fraction of sp³-hybridized carbons (Fsp3) is 0.421. The number of aliphatic hydroxyl groups excluding tert-OH is 1. The van der Waals surface area contributed by atoms with Gasteiger partial charge in [-0.1, -0.05) is 23.8 Å². The minimum Gasteiger partial charge on any atom is -0.491 e. The van der Waals surface area contributed by atoms with Crippen LogP contribution in [0, 0.1) is 6.92 Å². The molecule has 0 amide bonds. The summed E-state index contributed by atoms with van der Waals surface area (Å²) < 4.78 is 5.66. The first-order chi connectivity index (χ1) is 11.0. The van der Waals surface area contributed by atoms with Gasteiger partial charge in [0.1, 0.15) is 18.5 Å². The molecule has 124 valence electrons. The summed E-state index contributed by atoms with van der Waals surface area (Å²) >= 11 is 0. The number of aryl methyl sites for hydroxylation is 1. The zero-order valence-electron chi connectivity index (χ0n) is 14.1. The molecule has 0 spiro atoms. The van der Waals surface area contributed by atoms with E-state index in [1.165, 1.54) is 5.56 Å². The zero-order chi connectivity index (χ0) is 16.7. The highest BCUT2D eigenvalue weighted by molar-refractivity contribution is 5.26. The van der Waals surface area contributed by atoms with Crippen molar-refractivity contribution in [2.75, 3.05) is 13.2 Å². The largest absolute Gasteiger partial charge is 0.491 e. The Hall–Kier alpha value is -1.91. The molecule has 2 rings (SSSR count). The molecule has 0 aliphatic rings. The number of hydrogen-bond acceptors (Lipinski definition) is 4. The predicted molar refractivity (Wildman–Crippen MR) is 92.5 cm³/mol. The fourth-order valence-electron chi connectivity index (χ4n) is 2.33. The van der Waals surface area contributed by atoms with E-state index in [0.717, 1.165) is 17.9 Å². The summed E-state index contributed by atoms with van der Waals surface area (Å²) in [5.74, 6) is 0.790. The fourth-order valence-corrected chi connectivity index (χ4v) is 2.33. The number of benzene rings is 1. The average molecular weight is 314 g/mol. The molecule has 0 radical (unpaired) electrons. The summed E-state index contributed by atoms with van der Waals surface area (Å²) in [6.07, 6.45) is 3.10. The van der Waals surface area contributed by atoms with Gasteiger partial charge in [-0.25, -0.2) is 0 Å². The van der Waals surface area contributed by atoms with Crippen molar-refractivity contribution in [1.82, 2.24) is 9.88 Å². The predicted octanol–water partition coefficient (Wildman–Crippen LogP) is 3.04. The van der Waals surface area contributed by atoms with Crippen LogP contribution in [0.15, 0.2) is 48.8 Å². The molecule has 0 aliphatic carbocycles. The molecule has 4 heteroatoms. The van der Waals surface area contributed by atoms with Gasteiger partial charge in [-0.05, 0) is 44.5 Å². The maximum Gasteiger partial charge on any atom is 0.119 e. The number of pyridine rings is 1. The van der Waals surface area contributed by atoms with Gasteiger partial charge in [0.15, 0.2) is 0 Å². The highest BCUT2D eigenvalue weighted by Crippen LogP contribution is 2.13. The molecule has 1 heterocycles. The Bertz CT molecular complexity index is 570. The molecule has 0 saturated heterocycles. The van der Waals surface area contributed by atoms with Crippen molar-refractivity contribution in [3.63, 3.8) is 0 Å². The Morgan fingerprint density at radius 1 is 1.17 bits per heavy atom. The van der Waals surface area contributed by atoms with Crippen LogP contribution in [0.4, 0.5) is 0 Å². The van der Waals surface area contributed by atoms with Crippen molar-refractivity contribution in [2.24, 2.45) is 0 Å². The summed E-state index contributed by atoms with van der Waals surface area (Å²) in [6, 6.07) is 12.2. The monoisotopic (exact) mass is 314 g/mol. The van der Waals surface area contributed by atoms with E-state index in [0.29, 0.717) is 19.2 Å². The van der Waals surface area contributed by atoms with Gasteiger partial charge in [-0.3, -0.25) is 9.88 Å². The SMILES string of the molecule is Cc1ccc(OCC(O)CN(Cc2cccnc2)C(C)C)cc1. The van der Waals surface area contributed by atoms with Crippen LogP contribution in [0.1, 0.15) is 25.0 Å². The van der Waals surface area contributed by atoms with Crippen LogP contribution in [0.25, 0.3) is 0 Å². The molecule has 0 saturated carbocycles. The van der Waals surface area contributed by atoms with Crippen LogP contribution in [0.2, 0.25) is 0 Å². The molecule has 1 N–H and O–H groups in total. The number of hydrogen-bond donors (Lipinski definition) is 1. The lowest BCUT2D eigenvalue weighted by Crippen LogP contribution is -2.39. The lowest BCUT2D eigenvalue weighted by molar-refractivity contribution is 0.0543. The first kappa shape index (κ1) is 17.4. The molecule has 1 aromatic heterocycles. The molecule has 2 aromatic rings. The molecule has 0 fully saturated rings. The van der Waals surface area contributed by atoms with E-state index in [9.17, 15) is 5.11 Å². The highest BCUT2D eigenvalue weighted by Gasteiger charge is 2.16. The van der Waals surface area contributed by atoms with E-state index in [1.54, 1.807) is 6.20 Å². The summed E-state index contributed by atoms with van der Waals surface area (Å²) in [6.45, 7) is 7.93. The molecule has 4 nitrogen and oxygen atoms in total. The summed E-state index contributed by atoms with van der Waals surface area (Å²) in [4.78, 5) is 6.37. The van der Waals surface area contributed by atoms with Crippen LogP contribution in [-0.2, 0) is 6.54 Å². The quantitative estimate of drug-likeness (QED) is 0.813. The lowest BCUT2D eigenvalue weighted by Gasteiger charge is -2.28. The van der Waals surface area contributed by atoms with Gasteiger partial charge in [-0.15, -0.1) is 0 Å². The van der Waals surface area contributed by atoms with Crippen molar-refractivity contribution >= 4 is 0 Å². The van der Waals surface area contributed by atoms with Gasteiger partial charge < -0.3 is 9.84 Å². The van der Waals surface area contributed by atoms with Crippen LogP contribution in [0.5, 0.6) is 5.75 Å². The highest BCUT2D eigenvalue weighted by atomic mass is 16.5. The number of aromatic nitrogens is 1. The van der Waals surface area contributed by atoms with Gasteiger partial charge >= 0.3 is 0 Å². The van der Waals surface area contributed by atoms with Gasteiger partial charge in [0, 0.05) is 31.5 Å². The first-order valence-electron chi connectivity index (χ1n) is 8.05. The lowest BCUT2D eigenvalue weighted by atomic mass is 10.2. The van der Waals surface area contributed by atoms with E-state index in [2.05, 4.69) is 29.8 Å². The molecule has 0 bridgehead atoms. The molecule has 1 aromatic carbocycles. The number of rotatable bonds is 8. The Balaban J connectivity index is 1.85. The molecular weight excluding hydrogens is 288 g/mol. The second-order valence-corrected chi connectivity index (χ2v) is 6.16. The van der Waals surface area contributed by atoms with E-state index in [4.69, 9.17) is 4.74 Å². The minimum absolute atomic E-state index is 0.291. The van der Waals surface area contributed by atoms with Crippen LogP contribution < -0.4 is 4.74 Å². The number of ether oxygens (including phenoxy) is 1. The minimum atomic E-state index is -0.532. The van der Waals surface area contributed by atoms with E-state index < -0.39 is 6.10 Å². The second kappa shape index (κ2) is 8.65. The van der Waals surface area contributed by atoms with Crippen LogP contribution in [-0.4, -0.2) is 40.3 Å². The van der Waals surface area contributed by atoms with Crippen LogP contribution in [0.3, 0.4) is 0 Å². The molecule has 0 aliphatic heterocycles. The van der Waals surface area contributed by atoms with E-state index in [1.807, 2.05) is 43.5 Å². The number of nitrogens with zero attached hydrogens (tertiary/aromatic N) is 2. The summed E-state index contributed by atoms with van der Waals surface area (Å²) in [5.41, 5.74) is 2.34. The second-order valence-electron chi connectivity index (χ2n) is 6.16. The number of aliphatic hydroxyl groups is 1. The van der Waals surface area contributed by atoms with Crippen molar-refractivity contribution < 1.29 is 9.84 Å². The third-order valence-electron chi connectivity index (χ3n) is 3.75. The molecular formula is C19H26N2O2. The molecule has 1 unspecified atom stereocenters.